The number of nitrogens with zero attached hydrogens (tertiary/aromatic N) is 4. The van der Waals surface area contributed by atoms with E-state index in [1.807, 2.05) is 13.8 Å². The van der Waals surface area contributed by atoms with Crippen LogP contribution in [0.5, 0.6) is 11.5 Å². The summed E-state index contributed by atoms with van der Waals surface area (Å²) in [5, 5.41) is 7.05. The van der Waals surface area contributed by atoms with Crippen molar-refractivity contribution in [1.82, 2.24) is 19.6 Å². The highest BCUT2D eigenvalue weighted by Gasteiger charge is 2.14. The lowest BCUT2D eigenvalue weighted by molar-refractivity contribution is -0.116. The predicted octanol–water partition coefficient (Wildman–Crippen LogP) is 2.33. The van der Waals surface area contributed by atoms with Gasteiger partial charge in [-0.25, -0.2) is 9.50 Å². The number of hydrogen-bond acceptors (Lipinski definition) is 6. The number of amides is 1. The average molecular weight is 355 g/mol. The number of fused-ring (bicyclic) bond motifs is 1. The molecule has 1 amide bonds. The van der Waals surface area contributed by atoms with Gasteiger partial charge in [0.05, 0.1) is 19.9 Å². The summed E-state index contributed by atoms with van der Waals surface area (Å²) in [6.45, 7) is 3.87. The molecule has 2 aromatic heterocycles. The molecule has 0 radical (unpaired) electrons. The SMILES string of the molecule is COc1ccc(NC(=O)CCc2c(C)nc3ncnn3c2C)c(OC)c1. The zero-order valence-electron chi connectivity index (χ0n) is 15.2. The van der Waals surface area contributed by atoms with E-state index < -0.39 is 0 Å². The van der Waals surface area contributed by atoms with Gasteiger partial charge in [0.25, 0.3) is 5.78 Å². The van der Waals surface area contributed by atoms with Crippen molar-refractivity contribution in [1.29, 1.82) is 0 Å². The molecule has 0 aliphatic heterocycles. The Morgan fingerprint density at radius 1 is 1.23 bits per heavy atom. The summed E-state index contributed by atoms with van der Waals surface area (Å²) in [6.07, 6.45) is 2.35. The number of ether oxygens (including phenoxy) is 2. The van der Waals surface area contributed by atoms with Crippen molar-refractivity contribution in [2.24, 2.45) is 0 Å². The number of nitrogens with one attached hydrogen (secondary N) is 1. The number of carbonyl (C=O) groups is 1. The molecule has 2 heterocycles. The molecule has 1 aromatic carbocycles. The first-order valence-electron chi connectivity index (χ1n) is 8.21. The van der Waals surface area contributed by atoms with Gasteiger partial charge in [-0.15, -0.1) is 0 Å². The second kappa shape index (κ2) is 7.38. The van der Waals surface area contributed by atoms with Crippen LogP contribution in [0.1, 0.15) is 23.4 Å². The van der Waals surface area contributed by atoms with E-state index in [1.54, 1.807) is 36.9 Å². The highest BCUT2D eigenvalue weighted by Crippen LogP contribution is 2.29. The zero-order valence-corrected chi connectivity index (χ0v) is 15.2. The van der Waals surface area contributed by atoms with Crippen LogP contribution in [0, 0.1) is 13.8 Å². The number of carbonyl (C=O) groups excluding carboxylic acids is 1. The van der Waals surface area contributed by atoms with Crippen LogP contribution in [0.15, 0.2) is 24.5 Å². The Balaban J connectivity index is 1.72. The van der Waals surface area contributed by atoms with Crippen LogP contribution >= 0.6 is 0 Å². The van der Waals surface area contributed by atoms with E-state index in [1.165, 1.54) is 6.33 Å². The molecular weight excluding hydrogens is 334 g/mol. The molecule has 0 spiro atoms. The van der Waals surface area contributed by atoms with E-state index in [2.05, 4.69) is 20.4 Å². The minimum absolute atomic E-state index is 0.106. The van der Waals surface area contributed by atoms with Gasteiger partial charge < -0.3 is 14.8 Å². The number of aryl methyl sites for hydroxylation is 2. The van der Waals surface area contributed by atoms with Gasteiger partial charge in [-0.05, 0) is 38.0 Å². The van der Waals surface area contributed by atoms with E-state index >= 15 is 0 Å². The van der Waals surface area contributed by atoms with Crippen molar-refractivity contribution < 1.29 is 14.3 Å². The molecule has 0 unspecified atom stereocenters. The third kappa shape index (κ3) is 3.44. The van der Waals surface area contributed by atoms with Crippen molar-refractivity contribution in [3.8, 4) is 11.5 Å². The molecule has 0 bridgehead atoms. The normalized spacial score (nSPS) is 10.8. The summed E-state index contributed by atoms with van der Waals surface area (Å²) in [7, 11) is 3.13. The third-order valence-electron chi connectivity index (χ3n) is 4.27. The lowest BCUT2D eigenvalue weighted by Crippen LogP contribution is -2.15. The van der Waals surface area contributed by atoms with E-state index in [0.29, 0.717) is 35.8 Å². The van der Waals surface area contributed by atoms with E-state index in [4.69, 9.17) is 9.47 Å². The fourth-order valence-corrected chi connectivity index (χ4v) is 2.87. The van der Waals surface area contributed by atoms with Crippen molar-refractivity contribution >= 4 is 17.4 Å². The van der Waals surface area contributed by atoms with Gasteiger partial charge in [0.2, 0.25) is 5.91 Å². The van der Waals surface area contributed by atoms with Gasteiger partial charge in [-0.2, -0.15) is 10.1 Å². The maximum absolute atomic E-state index is 12.4. The molecule has 0 aliphatic rings. The first-order valence-corrected chi connectivity index (χ1v) is 8.21. The number of benzene rings is 1. The molecule has 1 N–H and O–H groups in total. The molecule has 3 aromatic rings. The first kappa shape index (κ1) is 17.7. The topological polar surface area (TPSA) is 90.6 Å². The average Bonchev–Trinajstić information content (AvgIpc) is 3.10. The van der Waals surface area contributed by atoms with Crippen molar-refractivity contribution in [3.05, 3.63) is 41.5 Å². The van der Waals surface area contributed by atoms with Crippen LogP contribution < -0.4 is 14.8 Å². The van der Waals surface area contributed by atoms with Crippen LogP contribution in [-0.2, 0) is 11.2 Å². The summed E-state index contributed by atoms with van der Waals surface area (Å²) in [4.78, 5) is 20.9. The van der Waals surface area contributed by atoms with Gasteiger partial charge in [0, 0.05) is 23.9 Å². The number of rotatable bonds is 6. The molecule has 0 aliphatic carbocycles. The lowest BCUT2D eigenvalue weighted by atomic mass is 10.1. The Morgan fingerprint density at radius 3 is 2.77 bits per heavy atom. The smallest absolute Gasteiger partial charge is 0.252 e. The summed E-state index contributed by atoms with van der Waals surface area (Å²) in [5.41, 5.74) is 3.41. The maximum Gasteiger partial charge on any atom is 0.252 e. The molecule has 0 fully saturated rings. The molecule has 3 rings (SSSR count). The van der Waals surface area contributed by atoms with Crippen LogP contribution in [-0.4, -0.2) is 39.7 Å². The van der Waals surface area contributed by atoms with Crippen LogP contribution in [0.3, 0.4) is 0 Å². The molecule has 26 heavy (non-hydrogen) atoms. The molecule has 0 saturated heterocycles. The monoisotopic (exact) mass is 355 g/mol. The maximum atomic E-state index is 12.4. The molecule has 0 saturated carbocycles. The second-order valence-corrected chi connectivity index (χ2v) is 5.85. The number of anilines is 1. The Bertz CT molecular complexity index is 951. The van der Waals surface area contributed by atoms with Gasteiger partial charge >= 0.3 is 0 Å². The largest absolute Gasteiger partial charge is 0.497 e. The van der Waals surface area contributed by atoms with E-state index in [0.717, 1.165) is 17.0 Å². The summed E-state index contributed by atoms with van der Waals surface area (Å²) >= 11 is 0. The van der Waals surface area contributed by atoms with Crippen LogP contribution in [0.25, 0.3) is 5.78 Å². The molecule has 136 valence electrons. The number of methoxy groups -OCH3 is 2. The van der Waals surface area contributed by atoms with Gasteiger partial charge in [-0.1, -0.05) is 0 Å². The Morgan fingerprint density at radius 2 is 2.04 bits per heavy atom. The summed E-state index contributed by atoms with van der Waals surface area (Å²) < 4.78 is 12.2. The first-order chi connectivity index (χ1) is 12.5. The van der Waals surface area contributed by atoms with Gasteiger partial charge in [0.1, 0.15) is 17.8 Å². The van der Waals surface area contributed by atoms with Crippen LogP contribution in [0.2, 0.25) is 0 Å². The Labute approximate surface area is 151 Å². The highest BCUT2D eigenvalue weighted by atomic mass is 16.5. The molecule has 0 atom stereocenters. The Hall–Kier alpha value is -3.16. The molecule has 8 heteroatoms. The minimum atomic E-state index is -0.106. The number of hydrogen-bond donors (Lipinski definition) is 1. The fraction of sp³-hybridized carbons (Fsp3) is 0.333. The fourth-order valence-electron chi connectivity index (χ4n) is 2.87. The standard InChI is InChI=1S/C18H21N5O3/c1-11-14(12(2)23-18(21-11)19-10-20-23)6-8-17(24)22-15-7-5-13(25-3)9-16(15)26-4/h5,7,9-10H,6,8H2,1-4H3,(H,22,24). The van der Waals surface area contributed by atoms with Gasteiger partial charge in [-0.3, -0.25) is 4.79 Å². The van der Waals surface area contributed by atoms with Crippen molar-refractivity contribution in [3.63, 3.8) is 0 Å². The highest BCUT2D eigenvalue weighted by molar-refractivity contribution is 5.92. The summed E-state index contributed by atoms with van der Waals surface area (Å²) in [6, 6.07) is 5.26. The second-order valence-electron chi connectivity index (χ2n) is 5.85. The van der Waals surface area contributed by atoms with Crippen LogP contribution in [0.4, 0.5) is 5.69 Å². The van der Waals surface area contributed by atoms with E-state index in [9.17, 15) is 4.79 Å². The summed E-state index contributed by atoms with van der Waals surface area (Å²) in [5.74, 6) is 1.68. The van der Waals surface area contributed by atoms with Gasteiger partial charge in [0.15, 0.2) is 0 Å². The molecular formula is C18H21N5O3. The predicted molar refractivity (Wildman–Crippen MR) is 96.8 cm³/mol. The minimum Gasteiger partial charge on any atom is -0.497 e. The van der Waals surface area contributed by atoms with Crippen molar-refractivity contribution in [2.75, 3.05) is 19.5 Å². The quantitative estimate of drug-likeness (QED) is 0.730. The third-order valence-corrected chi connectivity index (χ3v) is 4.27. The van der Waals surface area contributed by atoms with Crippen molar-refractivity contribution in [2.45, 2.75) is 26.7 Å². The number of aromatic nitrogens is 4. The lowest BCUT2D eigenvalue weighted by Gasteiger charge is -2.13. The molecule has 8 nitrogen and oxygen atoms in total. The van der Waals surface area contributed by atoms with E-state index in [-0.39, 0.29) is 5.91 Å². The zero-order chi connectivity index (χ0) is 18.7. The Kier molecular flexibility index (Phi) is 5.01.